The summed E-state index contributed by atoms with van der Waals surface area (Å²) >= 11 is 18.3. The van der Waals surface area contributed by atoms with E-state index < -0.39 is 32.0 Å². The predicted octanol–water partition coefficient (Wildman–Crippen LogP) is 6.98. The quantitative estimate of drug-likeness (QED) is 0.181. The van der Waals surface area contributed by atoms with Crippen LogP contribution < -0.4 is 9.80 Å². The molecule has 3 aromatic rings. The van der Waals surface area contributed by atoms with E-state index >= 15 is 0 Å². The van der Waals surface area contributed by atoms with E-state index in [4.69, 9.17) is 34.8 Å². The molecule has 0 fully saturated rings. The van der Waals surface area contributed by atoms with Crippen LogP contribution in [0.5, 0.6) is 0 Å². The second-order valence-electron chi connectivity index (χ2n) is 7.64. The lowest BCUT2D eigenvalue weighted by molar-refractivity contribution is 0.0926. The number of hydrogen-bond acceptors (Lipinski definition) is 7. The summed E-state index contributed by atoms with van der Waals surface area (Å²) in [6.45, 7) is 2.59. The number of carbonyl (C=O) groups is 2. The first-order valence-electron chi connectivity index (χ1n) is 10.3. The van der Waals surface area contributed by atoms with Crippen molar-refractivity contribution in [3.63, 3.8) is 0 Å². The zero-order chi connectivity index (χ0) is 26.4. The number of imide groups is 1. The van der Waals surface area contributed by atoms with E-state index in [1.807, 2.05) is 24.9 Å². The summed E-state index contributed by atoms with van der Waals surface area (Å²) in [6, 6.07) is 11.7. The highest BCUT2D eigenvalue weighted by Crippen LogP contribution is 2.41. The molecule has 0 saturated carbocycles. The minimum atomic E-state index is -5.09. The van der Waals surface area contributed by atoms with Gasteiger partial charge in [-0.05, 0) is 43.3 Å². The Morgan fingerprint density at radius 1 is 0.944 bits per heavy atom. The van der Waals surface area contributed by atoms with Crippen molar-refractivity contribution in [3.8, 4) is 0 Å². The number of anilines is 2. The molecule has 0 unspecified atom stereocenters. The van der Waals surface area contributed by atoms with E-state index in [9.17, 15) is 21.9 Å². The van der Waals surface area contributed by atoms with Gasteiger partial charge in [0.15, 0.2) is 0 Å². The van der Waals surface area contributed by atoms with Crippen molar-refractivity contribution in [1.82, 2.24) is 0 Å². The van der Waals surface area contributed by atoms with Gasteiger partial charge in [0, 0.05) is 13.6 Å². The molecule has 2 amide bonds. The normalized spacial score (nSPS) is 13.6. The van der Waals surface area contributed by atoms with Gasteiger partial charge in [-0.1, -0.05) is 46.9 Å². The molecule has 1 heterocycles. The fraction of sp³-hybridized carbons (Fsp3) is 0.130. The molecule has 13 heteroatoms. The van der Waals surface area contributed by atoms with Crippen molar-refractivity contribution in [2.75, 3.05) is 23.4 Å². The molecule has 0 aliphatic carbocycles. The highest BCUT2D eigenvalue weighted by atomic mass is 35.5. The maximum Gasteiger partial charge on any atom is 0.333 e. The summed E-state index contributed by atoms with van der Waals surface area (Å²) < 4.78 is 35.7. The molecular weight excluding hydrogens is 554 g/mol. The summed E-state index contributed by atoms with van der Waals surface area (Å²) in [7, 11) is -3.25. The van der Waals surface area contributed by atoms with E-state index in [0.29, 0.717) is 17.9 Å². The van der Waals surface area contributed by atoms with Crippen molar-refractivity contribution in [2.24, 2.45) is 10.2 Å². The molecule has 1 aliphatic heterocycles. The fourth-order valence-corrected chi connectivity index (χ4v) is 5.14. The Bertz CT molecular complexity index is 1560. The lowest BCUT2D eigenvalue weighted by atomic mass is 10.1. The van der Waals surface area contributed by atoms with Crippen LogP contribution >= 0.6 is 34.8 Å². The van der Waals surface area contributed by atoms with Crippen LogP contribution in [0.1, 0.15) is 27.6 Å². The third-order valence-corrected chi connectivity index (χ3v) is 7.48. The molecule has 186 valence electrons. The van der Waals surface area contributed by atoms with Gasteiger partial charge in [-0.2, -0.15) is 8.42 Å². The van der Waals surface area contributed by atoms with Gasteiger partial charge in [0.2, 0.25) is 0 Å². The number of fused-ring (bicyclic) bond motifs is 1. The Hall–Kier alpha value is -3.05. The molecule has 0 radical (unpaired) electrons. The molecule has 1 aliphatic rings. The highest BCUT2D eigenvalue weighted by Gasteiger charge is 2.40. The van der Waals surface area contributed by atoms with E-state index in [2.05, 4.69) is 10.2 Å². The van der Waals surface area contributed by atoms with Crippen LogP contribution in [0.2, 0.25) is 15.1 Å². The van der Waals surface area contributed by atoms with Gasteiger partial charge < -0.3 is 4.90 Å². The van der Waals surface area contributed by atoms with Gasteiger partial charge in [0.1, 0.15) is 16.3 Å². The highest BCUT2D eigenvalue weighted by molar-refractivity contribution is 7.86. The Kier molecular flexibility index (Phi) is 7.07. The van der Waals surface area contributed by atoms with Crippen molar-refractivity contribution in [2.45, 2.75) is 11.8 Å². The number of hydrogen-bond donors (Lipinski definition) is 0. The second-order valence-corrected chi connectivity index (χ2v) is 10.1. The zero-order valence-electron chi connectivity index (χ0n) is 18.7. The van der Waals surface area contributed by atoms with E-state index in [-0.39, 0.29) is 32.5 Å². The summed E-state index contributed by atoms with van der Waals surface area (Å²) in [6.07, 6.45) is 0. The molecule has 8 nitrogen and oxygen atoms in total. The lowest BCUT2D eigenvalue weighted by Gasteiger charge is -2.24. The maximum absolute atomic E-state index is 13.3. The molecule has 0 N–H and O–H groups in total. The summed E-state index contributed by atoms with van der Waals surface area (Å²) in [5.41, 5.74) is 1.16. The molecular formula is C23H16Cl3FN4O4S. The maximum atomic E-state index is 13.3. The van der Waals surface area contributed by atoms with E-state index in [1.165, 1.54) is 12.1 Å². The monoisotopic (exact) mass is 568 g/mol. The lowest BCUT2D eigenvalue weighted by Crippen LogP contribution is -2.31. The van der Waals surface area contributed by atoms with Gasteiger partial charge in [-0.25, -0.2) is 4.90 Å². The molecule has 3 aromatic carbocycles. The van der Waals surface area contributed by atoms with Crippen LogP contribution in [-0.4, -0.2) is 33.8 Å². The Balaban J connectivity index is 1.73. The third kappa shape index (κ3) is 4.57. The van der Waals surface area contributed by atoms with Crippen LogP contribution in [0.15, 0.2) is 63.7 Å². The first-order valence-corrected chi connectivity index (χ1v) is 12.8. The van der Waals surface area contributed by atoms with Crippen molar-refractivity contribution >= 4 is 79.6 Å². The Labute approximate surface area is 221 Å². The van der Waals surface area contributed by atoms with Crippen LogP contribution in [0.25, 0.3) is 0 Å². The number of carbonyl (C=O) groups excluding carboxylic acids is 2. The zero-order valence-corrected chi connectivity index (χ0v) is 21.8. The van der Waals surface area contributed by atoms with Gasteiger partial charge in [0.25, 0.3) is 11.8 Å². The van der Waals surface area contributed by atoms with Gasteiger partial charge >= 0.3 is 10.2 Å². The topological polar surface area (TPSA) is 99.5 Å². The predicted molar refractivity (Wildman–Crippen MR) is 137 cm³/mol. The third-order valence-electron chi connectivity index (χ3n) is 5.51. The van der Waals surface area contributed by atoms with Crippen LogP contribution in [0.4, 0.5) is 26.6 Å². The SMILES string of the molecule is CCN(C)c1ccccc1N1C(=O)c2ccc(N=Nc3cc(Cl)c(S(=O)(=O)F)cc3Cl)c(Cl)c2C1=O. The number of amides is 2. The van der Waals surface area contributed by atoms with Crippen molar-refractivity contribution in [3.05, 3.63) is 74.7 Å². The number of rotatable bonds is 6. The average molecular weight is 570 g/mol. The first-order chi connectivity index (χ1) is 17.0. The molecule has 0 spiro atoms. The molecule has 0 atom stereocenters. The summed E-state index contributed by atoms with van der Waals surface area (Å²) in [5, 5.41) is 7.11. The number of azo groups is 1. The number of para-hydroxylation sites is 2. The minimum absolute atomic E-state index is 0.0323. The summed E-state index contributed by atoms with van der Waals surface area (Å²) in [4.78, 5) is 28.7. The van der Waals surface area contributed by atoms with Crippen LogP contribution in [0.3, 0.4) is 0 Å². The van der Waals surface area contributed by atoms with Crippen molar-refractivity contribution in [1.29, 1.82) is 0 Å². The number of benzene rings is 3. The summed E-state index contributed by atoms with van der Waals surface area (Å²) in [5.74, 6) is -1.15. The smallest absolute Gasteiger partial charge is 0.333 e. The Morgan fingerprint density at radius 2 is 1.61 bits per heavy atom. The average Bonchev–Trinajstić information content (AvgIpc) is 3.09. The number of halogens is 4. The van der Waals surface area contributed by atoms with Gasteiger partial charge in [-0.15, -0.1) is 14.1 Å². The van der Waals surface area contributed by atoms with E-state index in [1.54, 1.807) is 18.2 Å². The van der Waals surface area contributed by atoms with E-state index in [0.717, 1.165) is 17.0 Å². The second kappa shape index (κ2) is 9.78. The first kappa shape index (κ1) is 26.0. The van der Waals surface area contributed by atoms with Gasteiger partial charge in [-0.3, -0.25) is 9.59 Å². The molecule has 0 saturated heterocycles. The van der Waals surface area contributed by atoms with Crippen molar-refractivity contribution < 1.29 is 21.9 Å². The molecule has 4 rings (SSSR count). The van der Waals surface area contributed by atoms with Crippen LogP contribution in [0, 0.1) is 0 Å². The number of nitrogens with zero attached hydrogens (tertiary/aromatic N) is 4. The molecule has 36 heavy (non-hydrogen) atoms. The van der Waals surface area contributed by atoms with Crippen LogP contribution in [-0.2, 0) is 10.2 Å². The standard InChI is InChI=1S/C23H16Cl3FN4O4S/c1-3-30(2)17-6-4-5-7-18(17)31-22(32)12-8-9-15(21(26)20(12)23(31)33)28-29-16-10-14(25)19(11-13(16)24)36(27,34)35/h4-11H,3H2,1-2H3. The largest absolute Gasteiger partial charge is 0.373 e. The molecule has 0 aromatic heterocycles. The Morgan fingerprint density at radius 3 is 2.28 bits per heavy atom. The molecule has 0 bridgehead atoms. The van der Waals surface area contributed by atoms with Gasteiger partial charge in [0.05, 0.1) is 37.6 Å². The minimum Gasteiger partial charge on any atom is -0.373 e. The fourth-order valence-electron chi connectivity index (χ4n) is 3.61.